The van der Waals surface area contributed by atoms with Crippen molar-refractivity contribution in [3.8, 4) is 0 Å². The second-order valence-electron chi connectivity index (χ2n) is 2.27. The molecule has 0 spiro atoms. The van der Waals surface area contributed by atoms with Crippen molar-refractivity contribution in [1.29, 1.82) is 0 Å². The van der Waals surface area contributed by atoms with E-state index in [-0.39, 0.29) is 0 Å². The predicted molar refractivity (Wildman–Crippen MR) is 59.6 cm³/mol. The molecule has 0 N–H and O–H groups in total. The SMILES string of the molecule is CC.[CH2-]CC.[W]=[N]Cc1ccccc1. The van der Waals surface area contributed by atoms with Crippen molar-refractivity contribution in [3.63, 3.8) is 0 Å². The van der Waals surface area contributed by atoms with Gasteiger partial charge < -0.3 is 6.92 Å². The molecular weight excluding hydrogens is 342 g/mol. The van der Waals surface area contributed by atoms with Gasteiger partial charge in [-0.2, -0.15) is 6.42 Å². The van der Waals surface area contributed by atoms with Gasteiger partial charge in [0, 0.05) is 0 Å². The van der Waals surface area contributed by atoms with E-state index in [1.807, 2.05) is 39.0 Å². The van der Waals surface area contributed by atoms with Gasteiger partial charge in [-0.1, -0.05) is 20.8 Å². The average molecular weight is 362 g/mol. The van der Waals surface area contributed by atoms with Gasteiger partial charge in [0.15, 0.2) is 0 Å². The minimum absolute atomic E-state index is 0.871. The molecule has 14 heavy (non-hydrogen) atoms. The van der Waals surface area contributed by atoms with Crippen LogP contribution in [0.25, 0.3) is 0 Å². The van der Waals surface area contributed by atoms with E-state index < -0.39 is 0 Å². The quantitative estimate of drug-likeness (QED) is 0.701. The van der Waals surface area contributed by atoms with Gasteiger partial charge in [0.25, 0.3) is 0 Å². The van der Waals surface area contributed by atoms with Crippen LogP contribution in [0.5, 0.6) is 0 Å². The molecule has 0 aromatic heterocycles. The van der Waals surface area contributed by atoms with Crippen LogP contribution in [0.3, 0.4) is 0 Å². The number of rotatable bonds is 2. The first-order valence-electron chi connectivity index (χ1n) is 4.97. The fourth-order valence-electron chi connectivity index (χ4n) is 0.658. The van der Waals surface area contributed by atoms with E-state index in [0.717, 1.165) is 13.0 Å². The summed E-state index contributed by atoms with van der Waals surface area (Å²) in [4.78, 5) is 0. The molecule has 2 heteroatoms. The molecule has 0 aliphatic heterocycles. The Morgan fingerprint density at radius 2 is 1.64 bits per heavy atom. The molecule has 0 heterocycles. The molecule has 0 radical (unpaired) electrons. The average Bonchev–Trinajstić information content (AvgIpc) is 2.24. The molecule has 0 aliphatic carbocycles. The number of hydrogen-bond acceptors (Lipinski definition) is 1. The van der Waals surface area contributed by atoms with E-state index in [9.17, 15) is 0 Å². The van der Waals surface area contributed by atoms with Crippen molar-refractivity contribution in [2.75, 3.05) is 0 Å². The van der Waals surface area contributed by atoms with Crippen LogP contribution in [-0.4, -0.2) is 0 Å². The topological polar surface area (TPSA) is 12.4 Å². The van der Waals surface area contributed by atoms with E-state index >= 15 is 0 Å². The molecule has 0 saturated carbocycles. The Labute approximate surface area is 99.7 Å². The second kappa shape index (κ2) is 15.2. The third kappa shape index (κ3) is 11.7. The van der Waals surface area contributed by atoms with Gasteiger partial charge in [-0.3, -0.25) is 0 Å². The Balaban J connectivity index is 0. The van der Waals surface area contributed by atoms with Gasteiger partial charge in [0.05, 0.1) is 0 Å². The van der Waals surface area contributed by atoms with Crippen LogP contribution in [0.15, 0.2) is 33.8 Å². The molecule has 1 aromatic rings. The van der Waals surface area contributed by atoms with Crippen LogP contribution in [0.1, 0.15) is 32.8 Å². The normalized spacial score (nSPS) is 7.43. The van der Waals surface area contributed by atoms with E-state index in [0.29, 0.717) is 0 Å². The molecule has 1 aromatic carbocycles. The molecule has 0 unspecified atom stereocenters. The maximum absolute atomic E-state index is 4.09. The predicted octanol–water partition coefficient (Wildman–Crippen LogP) is 4.17. The molecular formula is C12H20NW-. The third-order valence-electron chi connectivity index (χ3n) is 1.09. The zero-order valence-electron chi connectivity index (χ0n) is 9.36. The van der Waals surface area contributed by atoms with E-state index in [4.69, 9.17) is 0 Å². The summed E-state index contributed by atoms with van der Waals surface area (Å²) in [5, 5.41) is 0. The zero-order valence-corrected chi connectivity index (χ0v) is 12.3. The first-order valence-corrected chi connectivity index (χ1v) is 6.28. The van der Waals surface area contributed by atoms with E-state index in [2.05, 4.69) is 22.6 Å². The molecule has 1 nitrogen and oxygen atoms in total. The fraction of sp³-hybridized carbons (Fsp3) is 0.417. The van der Waals surface area contributed by atoms with Gasteiger partial charge in [-0.15, -0.1) is 0 Å². The fourth-order valence-corrected chi connectivity index (χ4v) is 1.19. The summed E-state index contributed by atoms with van der Waals surface area (Å²) in [6.07, 6.45) is 1.00. The van der Waals surface area contributed by atoms with Crippen molar-refractivity contribution < 1.29 is 19.6 Å². The summed E-state index contributed by atoms with van der Waals surface area (Å²) in [6.45, 7) is 10.4. The van der Waals surface area contributed by atoms with Crippen molar-refractivity contribution in [1.82, 2.24) is 0 Å². The number of hydrogen-bond donors (Lipinski definition) is 0. The summed E-state index contributed by atoms with van der Waals surface area (Å²) in [6, 6.07) is 10.3. The van der Waals surface area contributed by atoms with Gasteiger partial charge >= 0.3 is 65.6 Å². The number of nitrogens with zero attached hydrogens (tertiary/aromatic N) is 1. The van der Waals surface area contributed by atoms with Gasteiger partial charge in [-0.05, 0) is 0 Å². The Bertz CT molecular complexity index is 197. The van der Waals surface area contributed by atoms with Crippen LogP contribution in [0, 0.1) is 6.92 Å². The van der Waals surface area contributed by atoms with Crippen molar-refractivity contribution in [2.24, 2.45) is 3.50 Å². The molecule has 80 valence electrons. The first-order chi connectivity index (χ1) is 6.85. The monoisotopic (exact) mass is 362 g/mol. The Hall–Kier alpha value is -0.292. The summed E-state index contributed by atoms with van der Waals surface area (Å²) in [7, 11) is 0. The van der Waals surface area contributed by atoms with Crippen LogP contribution < -0.4 is 0 Å². The summed E-state index contributed by atoms with van der Waals surface area (Å²) in [5.41, 5.74) is 1.30. The van der Waals surface area contributed by atoms with Crippen molar-refractivity contribution in [2.45, 2.75) is 33.7 Å². The maximum atomic E-state index is 4.09. The van der Waals surface area contributed by atoms with Gasteiger partial charge in [0.2, 0.25) is 0 Å². The summed E-state index contributed by atoms with van der Waals surface area (Å²) >= 11 is 1.30. The Morgan fingerprint density at radius 3 is 2.00 bits per heavy atom. The van der Waals surface area contributed by atoms with E-state index in [1.54, 1.807) is 0 Å². The standard InChI is InChI=1S/C7H7N.C3H7.C2H6.W/c8-6-7-4-2-1-3-5-7;1-3-2;1-2;/h1-5H,6H2;1,3H2,2H3;1-2H3;/q;-1;;. The molecule has 0 atom stereocenters. The van der Waals surface area contributed by atoms with Gasteiger partial charge in [-0.25, -0.2) is 0 Å². The molecule has 1 rings (SSSR count). The summed E-state index contributed by atoms with van der Waals surface area (Å²) < 4.78 is 4.09. The third-order valence-corrected chi connectivity index (χ3v) is 1.55. The van der Waals surface area contributed by atoms with Crippen molar-refractivity contribution >= 4 is 0 Å². The van der Waals surface area contributed by atoms with Crippen molar-refractivity contribution in [3.05, 3.63) is 42.8 Å². The van der Waals surface area contributed by atoms with Crippen LogP contribution >= 0.6 is 0 Å². The summed E-state index contributed by atoms with van der Waals surface area (Å²) in [5.74, 6) is 0. The van der Waals surface area contributed by atoms with Gasteiger partial charge in [0.1, 0.15) is 0 Å². The zero-order chi connectivity index (χ0) is 11.2. The second-order valence-corrected chi connectivity index (χ2v) is 3.20. The molecule has 0 aliphatic rings. The first kappa shape index (κ1) is 16.1. The van der Waals surface area contributed by atoms with Crippen LogP contribution in [0.2, 0.25) is 0 Å². The van der Waals surface area contributed by atoms with E-state index in [1.165, 1.54) is 25.2 Å². The van der Waals surface area contributed by atoms with Crippen LogP contribution in [-0.2, 0) is 26.2 Å². The number of benzene rings is 1. The molecule has 0 bridgehead atoms. The molecule has 0 saturated heterocycles. The Kier molecular flexibility index (Phi) is 17.5. The van der Waals surface area contributed by atoms with Crippen LogP contribution in [0.4, 0.5) is 0 Å². The molecule has 0 fully saturated rings. The Morgan fingerprint density at radius 1 is 1.21 bits per heavy atom. The minimum atomic E-state index is 0.871. The molecule has 0 amide bonds.